The second-order valence-corrected chi connectivity index (χ2v) is 4.40. The maximum Gasteiger partial charge on any atom is 0.275 e. The number of nitro benzene ring substituents is 1. The molecule has 2 rings (SSSR count). The number of benzene rings is 2. The zero-order chi connectivity index (χ0) is 16.8. The first kappa shape index (κ1) is 16.0. The van der Waals surface area contributed by atoms with E-state index in [2.05, 4.69) is 10.5 Å². The average molecular weight is 315 g/mol. The maximum absolute atomic E-state index is 12.0. The molecule has 2 aromatic carbocycles. The van der Waals surface area contributed by atoms with Crippen molar-refractivity contribution in [2.75, 3.05) is 7.11 Å². The van der Waals surface area contributed by atoms with Gasteiger partial charge in [0.05, 0.1) is 23.8 Å². The van der Waals surface area contributed by atoms with Gasteiger partial charge < -0.3 is 9.84 Å². The first-order valence-corrected chi connectivity index (χ1v) is 6.46. The summed E-state index contributed by atoms with van der Waals surface area (Å²) in [4.78, 5) is 22.1. The number of carbonyl (C=O) groups excluding carboxylic acids is 1. The third-order valence-corrected chi connectivity index (χ3v) is 2.94. The zero-order valence-electron chi connectivity index (χ0n) is 12.1. The molecule has 2 N–H and O–H groups in total. The van der Waals surface area contributed by atoms with Gasteiger partial charge in [-0.1, -0.05) is 12.1 Å². The Hall–Kier alpha value is -3.42. The number of para-hydroxylation sites is 1. The van der Waals surface area contributed by atoms with E-state index in [0.717, 1.165) is 12.3 Å². The van der Waals surface area contributed by atoms with E-state index >= 15 is 0 Å². The number of hydrogen-bond acceptors (Lipinski definition) is 6. The quantitative estimate of drug-likeness (QED) is 0.498. The van der Waals surface area contributed by atoms with E-state index in [0.29, 0.717) is 5.75 Å². The lowest BCUT2D eigenvalue weighted by Gasteiger charge is -2.06. The first-order chi connectivity index (χ1) is 11.0. The van der Waals surface area contributed by atoms with Crippen LogP contribution in [0.3, 0.4) is 0 Å². The molecular formula is C15H13N3O5. The number of carbonyl (C=O) groups is 1. The summed E-state index contributed by atoms with van der Waals surface area (Å²) in [6.45, 7) is 0. The third kappa shape index (κ3) is 3.82. The highest BCUT2D eigenvalue weighted by Crippen LogP contribution is 2.21. The predicted molar refractivity (Wildman–Crippen MR) is 82.8 cm³/mol. The number of rotatable bonds is 5. The maximum atomic E-state index is 12.0. The van der Waals surface area contributed by atoms with E-state index in [-0.39, 0.29) is 22.6 Å². The Morgan fingerprint density at radius 1 is 1.35 bits per heavy atom. The molecule has 8 heteroatoms. The number of amides is 1. The van der Waals surface area contributed by atoms with Crippen molar-refractivity contribution in [2.24, 2.45) is 5.10 Å². The fourth-order valence-electron chi connectivity index (χ4n) is 1.81. The lowest BCUT2D eigenvalue weighted by molar-refractivity contribution is -0.384. The fraction of sp³-hybridized carbons (Fsp3) is 0.0667. The number of hydrogen-bond donors (Lipinski definition) is 2. The monoisotopic (exact) mass is 315 g/mol. The molecule has 0 spiro atoms. The Balaban J connectivity index is 2.14. The van der Waals surface area contributed by atoms with Crippen molar-refractivity contribution in [2.45, 2.75) is 0 Å². The second-order valence-electron chi connectivity index (χ2n) is 4.40. The number of non-ortho nitro benzene ring substituents is 1. The summed E-state index contributed by atoms with van der Waals surface area (Å²) >= 11 is 0. The number of phenols is 1. The van der Waals surface area contributed by atoms with Crippen LogP contribution in [0.1, 0.15) is 15.9 Å². The predicted octanol–water partition coefficient (Wildman–Crippen LogP) is 2.07. The van der Waals surface area contributed by atoms with Crippen LogP contribution in [0.5, 0.6) is 11.5 Å². The Kier molecular flexibility index (Phi) is 4.88. The lowest BCUT2D eigenvalue weighted by atomic mass is 10.2. The molecule has 0 fully saturated rings. The van der Waals surface area contributed by atoms with Gasteiger partial charge in [-0.05, 0) is 18.2 Å². The number of hydrazone groups is 1. The fourth-order valence-corrected chi connectivity index (χ4v) is 1.81. The van der Waals surface area contributed by atoms with E-state index in [4.69, 9.17) is 4.74 Å². The van der Waals surface area contributed by atoms with Crippen LogP contribution in [0.25, 0.3) is 0 Å². The Morgan fingerprint density at radius 2 is 2.09 bits per heavy atom. The number of nitrogens with zero attached hydrogens (tertiary/aromatic N) is 2. The normalized spacial score (nSPS) is 10.5. The van der Waals surface area contributed by atoms with E-state index in [9.17, 15) is 20.0 Å². The Bertz CT molecular complexity index is 773. The summed E-state index contributed by atoms with van der Waals surface area (Å²) in [5.41, 5.74) is 2.47. The lowest BCUT2D eigenvalue weighted by Crippen LogP contribution is -2.18. The highest BCUT2D eigenvalue weighted by atomic mass is 16.6. The minimum absolute atomic E-state index is 0.111. The Morgan fingerprint density at radius 3 is 2.78 bits per heavy atom. The van der Waals surface area contributed by atoms with Crippen LogP contribution in [0.2, 0.25) is 0 Å². The molecule has 0 unspecified atom stereocenters. The van der Waals surface area contributed by atoms with Crippen molar-refractivity contribution in [3.8, 4) is 11.5 Å². The van der Waals surface area contributed by atoms with Crippen molar-refractivity contribution >= 4 is 17.8 Å². The minimum atomic E-state index is -0.593. The molecule has 0 heterocycles. The number of aromatic hydroxyl groups is 1. The third-order valence-electron chi connectivity index (χ3n) is 2.94. The molecule has 0 atom stereocenters. The van der Waals surface area contributed by atoms with Gasteiger partial charge in [0.1, 0.15) is 11.5 Å². The molecule has 8 nitrogen and oxygen atoms in total. The summed E-state index contributed by atoms with van der Waals surface area (Å²) in [6.07, 6.45) is 1.12. The number of ether oxygens (including phenoxy) is 1. The molecule has 23 heavy (non-hydrogen) atoms. The van der Waals surface area contributed by atoms with Crippen LogP contribution < -0.4 is 10.2 Å². The van der Waals surface area contributed by atoms with Crippen molar-refractivity contribution in [1.29, 1.82) is 0 Å². The molecule has 0 aliphatic heterocycles. The summed E-state index contributed by atoms with van der Waals surface area (Å²) in [5, 5.41) is 24.0. The number of nitro groups is 1. The van der Waals surface area contributed by atoms with E-state index in [1.54, 1.807) is 24.3 Å². The molecule has 1 amide bonds. The van der Waals surface area contributed by atoms with Crippen molar-refractivity contribution < 1.29 is 19.6 Å². The van der Waals surface area contributed by atoms with E-state index in [1.807, 2.05) is 0 Å². The molecule has 0 radical (unpaired) electrons. The van der Waals surface area contributed by atoms with Gasteiger partial charge in [0.15, 0.2) is 0 Å². The van der Waals surface area contributed by atoms with Gasteiger partial charge in [0.2, 0.25) is 0 Å². The number of methoxy groups -OCH3 is 1. The summed E-state index contributed by atoms with van der Waals surface area (Å²) in [5.74, 6) is -0.312. The van der Waals surface area contributed by atoms with Crippen molar-refractivity contribution in [3.05, 3.63) is 63.7 Å². The zero-order valence-corrected chi connectivity index (χ0v) is 12.1. The number of phenolic OH excluding ortho intramolecular Hbond substituents is 1. The highest BCUT2D eigenvalue weighted by Gasteiger charge is 2.11. The van der Waals surface area contributed by atoms with Gasteiger partial charge in [-0.15, -0.1) is 0 Å². The van der Waals surface area contributed by atoms with Gasteiger partial charge in [0.25, 0.3) is 11.6 Å². The van der Waals surface area contributed by atoms with Gasteiger partial charge in [-0.25, -0.2) is 5.43 Å². The molecule has 0 saturated carbocycles. The second kappa shape index (κ2) is 7.03. The summed E-state index contributed by atoms with van der Waals surface area (Å²) in [6, 6.07) is 10.1. The summed E-state index contributed by atoms with van der Waals surface area (Å²) < 4.78 is 5.06. The van der Waals surface area contributed by atoms with Crippen LogP contribution in [0.4, 0.5) is 5.69 Å². The van der Waals surface area contributed by atoms with Crippen LogP contribution in [-0.2, 0) is 0 Å². The average Bonchev–Trinajstić information content (AvgIpc) is 2.56. The molecule has 2 aromatic rings. The van der Waals surface area contributed by atoms with Crippen LogP contribution in [0, 0.1) is 10.1 Å². The van der Waals surface area contributed by atoms with Crippen LogP contribution in [0.15, 0.2) is 47.6 Å². The molecule has 0 bridgehead atoms. The van der Waals surface area contributed by atoms with Gasteiger partial charge >= 0.3 is 0 Å². The standard InChI is InChI=1S/C15H13N3O5/c1-23-14-5-3-2-4-12(14)15(20)17-16-9-10-8-11(18(21)22)6-7-13(10)19/h2-9,19H,1H3,(H,17,20)/b16-9-. The number of nitrogens with one attached hydrogen (secondary N) is 1. The van der Waals surface area contributed by atoms with Crippen LogP contribution >= 0.6 is 0 Å². The molecule has 0 aliphatic carbocycles. The molecule has 0 aromatic heterocycles. The van der Waals surface area contributed by atoms with Gasteiger partial charge in [0, 0.05) is 17.7 Å². The Labute approximate surface area is 131 Å². The van der Waals surface area contributed by atoms with Gasteiger partial charge in [-0.2, -0.15) is 5.10 Å². The topological polar surface area (TPSA) is 114 Å². The van der Waals surface area contributed by atoms with Crippen LogP contribution in [-0.4, -0.2) is 29.3 Å². The molecular weight excluding hydrogens is 302 g/mol. The molecule has 0 saturated heterocycles. The van der Waals surface area contributed by atoms with Crippen molar-refractivity contribution in [3.63, 3.8) is 0 Å². The van der Waals surface area contributed by atoms with Crippen molar-refractivity contribution in [1.82, 2.24) is 5.43 Å². The smallest absolute Gasteiger partial charge is 0.275 e. The largest absolute Gasteiger partial charge is 0.507 e. The first-order valence-electron chi connectivity index (χ1n) is 6.46. The van der Waals surface area contributed by atoms with E-state index in [1.165, 1.54) is 19.2 Å². The molecule has 0 aliphatic rings. The minimum Gasteiger partial charge on any atom is -0.507 e. The highest BCUT2D eigenvalue weighted by molar-refractivity contribution is 5.97. The van der Waals surface area contributed by atoms with E-state index < -0.39 is 10.8 Å². The molecule has 118 valence electrons. The summed E-state index contributed by atoms with van der Waals surface area (Å²) in [7, 11) is 1.44. The van der Waals surface area contributed by atoms with Gasteiger partial charge in [-0.3, -0.25) is 14.9 Å². The SMILES string of the molecule is COc1ccccc1C(=O)N/N=C\c1cc([N+](=O)[O-])ccc1O.